The third-order valence-electron chi connectivity index (χ3n) is 26.8. The molecule has 27 rings (SSSR count). The van der Waals surface area contributed by atoms with Gasteiger partial charge in [-0.15, -0.1) is 34.0 Å². The van der Waals surface area contributed by atoms with E-state index in [2.05, 4.69) is 402 Å². The van der Waals surface area contributed by atoms with Crippen LogP contribution in [0.15, 0.2) is 449 Å². The number of benzene rings is 19. The molecule has 6 nitrogen and oxygen atoms in total. The van der Waals surface area contributed by atoms with Crippen molar-refractivity contribution in [2.24, 2.45) is 0 Å². The predicted octanol–water partition coefficient (Wildman–Crippen LogP) is 34.9. The Morgan fingerprint density at radius 3 is 1.11 bits per heavy atom. The van der Waals surface area contributed by atoms with E-state index >= 15 is 0 Å². The van der Waals surface area contributed by atoms with Gasteiger partial charge in [0.2, 0.25) is 0 Å². The molecule has 0 amide bonds. The van der Waals surface area contributed by atoms with Crippen LogP contribution in [0.3, 0.4) is 0 Å². The van der Waals surface area contributed by atoms with Crippen LogP contribution in [0, 0.1) is 0 Å². The van der Waals surface area contributed by atoms with Crippen molar-refractivity contribution < 1.29 is 0 Å². The Morgan fingerprint density at radius 2 is 0.560 bits per heavy atom. The zero-order chi connectivity index (χ0) is 88.9. The van der Waals surface area contributed by atoms with Gasteiger partial charge in [-0.3, -0.25) is 4.98 Å². The number of fused-ring (bicyclic) bond motifs is 17. The molecule has 1 aliphatic rings. The molecule has 19 aromatic carbocycles. The van der Waals surface area contributed by atoms with Gasteiger partial charge in [-0.05, 0) is 184 Å². The van der Waals surface area contributed by atoms with Crippen molar-refractivity contribution in [3.63, 3.8) is 0 Å². The number of aromatic nitrogens is 6. The highest BCUT2D eigenvalue weighted by Gasteiger charge is 2.36. The molecule has 0 aliphatic heterocycles. The van der Waals surface area contributed by atoms with E-state index in [0.29, 0.717) is 0 Å². The Hall–Kier alpha value is -16.4. The average molecular weight is 1760 g/mol. The minimum Gasteiger partial charge on any atom is -0.256 e. The van der Waals surface area contributed by atoms with E-state index in [-0.39, 0.29) is 5.41 Å². The first-order chi connectivity index (χ1) is 66.2. The van der Waals surface area contributed by atoms with Crippen LogP contribution in [0.2, 0.25) is 0 Å². The molecule has 0 unspecified atom stereocenters. The van der Waals surface area contributed by atoms with Crippen molar-refractivity contribution in [1.29, 1.82) is 0 Å². The summed E-state index contributed by atoms with van der Waals surface area (Å²) >= 11 is 5.59. The molecule has 0 atom stereocenters. The van der Waals surface area contributed by atoms with Gasteiger partial charge in [0.25, 0.3) is 0 Å². The molecule has 26 aromatic rings. The van der Waals surface area contributed by atoms with Gasteiger partial charge < -0.3 is 0 Å². The molecule has 9 heteroatoms. The monoisotopic (exact) mass is 1760 g/mol. The van der Waals surface area contributed by atoms with Crippen LogP contribution >= 0.6 is 34.0 Å². The molecule has 134 heavy (non-hydrogen) atoms. The normalized spacial score (nSPS) is 12.2. The van der Waals surface area contributed by atoms with E-state index in [1.165, 1.54) is 149 Å². The maximum atomic E-state index is 5.31. The number of nitrogens with zero attached hydrogens (tertiary/aromatic N) is 6. The molecule has 0 bridgehead atoms. The van der Waals surface area contributed by atoms with Crippen molar-refractivity contribution in [2.75, 3.05) is 0 Å². The Bertz CT molecular complexity index is 9160. The topological polar surface area (TPSA) is 77.3 Å². The van der Waals surface area contributed by atoms with E-state index in [4.69, 9.17) is 29.9 Å². The molecular weight excluding hydrogens is 1680 g/mol. The molecule has 1 aliphatic carbocycles. The second-order valence-electron chi connectivity index (χ2n) is 34.9. The first-order valence-corrected chi connectivity index (χ1v) is 47.9. The maximum absolute atomic E-state index is 5.31. The summed E-state index contributed by atoms with van der Waals surface area (Å²) in [6.45, 7) is 4.65. The van der Waals surface area contributed by atoms with Crippen LogP contribution in [0.1, 0.15) is 25.0 Å². The van der Waals surface area contributed by atoms with Crippen LogP contribution < -0.4 is 0 Å². The highest BCUT2D eigenvalue weighted by Crippen LogP contribution is 2.52. The Balaban J connectivity index is 0.000000107. The van der Waals surface area contributed by atoms with Gasteiger partial charge in [-0.2, -0.15) is 0 Å². The third kappa shape index (κ3) is 14.0. The standard InChI is InChI=1S/2C42H26N2S.C41H28N2S/c1-3-12-27(13-4-1)41-36-26-29(22-25-37(36)43-42(44-41)28-14-5-2-6-15-28)30-23-24-33(32-17-8-7-16-31(30)32)34-19-11-21-39-40(34)35-18-9-10-20-38(35)45-39;1-3-12-27(13-4-1)41-35-23-22-29(26-37(35)43-42(44-41)28-14-5-2-6-15-28)30-24-25-33(32-17-8-7-16-31(30)32)34-19-11-21-39-40(34)36-18-9-10-20-38(36)45-39;1-41(2)33-13-5-3-9-29(33)30-21-20-27(23-34(30)41)40-31-12-8-22-42-36(31)24-35(43-40)26-18-16-25(17-19-26)28-11-7-15-38-39(28)32-10-4-6-14-37(32)44-38/h2*1-26H;3-24H,1-2H3. The SMILES string of the molecule is CC1(C)c2ccccc2-c2ccc(-c3nc(-c4ccc(-c5cccc6sc7ccccc7c56)cc4)cc4ncccc34)cc21.c1ccc(-c2nc(-c3ccccc3)c3cc(-c4ccc(-c5cccc6sc7ccccc7c56)c5ccccc45)ccc3n2)cc1.c1ccc(-c2nc(-c3ccccc3)c3ccc(-c4ccc(-c5cccc6sc7ccccc7c56)c5ccccc45)cc3n2)cc1. The van der Waals surface area contributed by atoms with Crippen molar-refractivity contribution in [1.82, 2.24) is 29.9 Å². The molecule has 0 radical (unpaired) electrons. The summed E-state index contributed by atoms with van der Waals surface area (Å²) in [5, 5.41) is 16.1. The fourth-order valence-corrected chi connectivity index (χ4v) is 23.8. The van der Waals surface area contributed by atoms with Crippen LogP contribution in [-0.2, 0) is 5.41 Å². The number of thiophene rings is 3. The van der Waals surface area contributed by atoms with Crippen molar-refractivity contribution >= 4 is 149 Å². The summed E-state index contributed by atoms with van der Waals surface area (Å²) in [4.78, 5) is 30.4. The molecule has 0 spiro atoms. The molecular formula is C125H80N6S3. The highest BCUT2D eigenvalue weighted by atomic mass is 32.1. The summed E-state index contributed by atoms with van der Waals surface area (Å²) in [6.07, 6.45) is 1.87. The van der Waals surface area contributed by atoms with Crippen molar-refractivity contribution in [3.8, 4) is 135 Å². The molecule has 7 heterocycles. The number of rotatable bonds is 11. The molecule has 0 N–H and O–H groups in total. The molecule has 7 aromatic heterocycles. The summed E-state index contributed by atoms with van der Waals surface area (Å²) in [6, 6.07) is 158. The van der Waals surface area contributed by atoms with Crippen molar-refractivity contribution in [2.45, 2.75) is 19.3 Å². The number of pyridine rings is 2. The second-order valence-corrected chi connectivity index (χ2v) is 38.1. The van der Waals surface area contributed by atoms with Crippen LogP contribution in [-0.4, -0.2) is 29.9 Å². The smallest absolute Gasteiger partial charge is 0.160 e. The van der Waals surface area contributed by atoms with Gasteiger partial charge in [0, 0.05) is 122 Å². The number of hydrogen-bond acceptors (Lipinski definition) is 9. The van der Waals surface area contributed by atoms with Crippen LogP contribution in [0.25, 0.3) is 249 Å². The fourth-order valence-electron chi connectivity index (χ4n) is 20.4. The van der Waals surface area contributed by atoms with Crippen molar-refractivity contribution in [3.05, 3.63) is 460 Å². The zero-order valence-corrected chi connectivity index (χ0v) is 75.6. The minimum absolute atomic E-state index is 0.0694. The number of hydrogen-bond donors (Lipinski definition) is 0. The minimum atomic E-state index is -0.0694. The Morgan fingerprint density at radius 1 is 0.187 bits per heavy atom. The lowest BCUT2D eigenvalue weighted by molar-refractivity contribution is 0.660. The van der Waals surface area contributed by atoms with Gasteiger partial charge in [-0.1, -0.05) is 372 Å². The lowest BCUT2D eigenvalue weighted by Crippen LogP contribution is -2.14. The first-order valence-electron chi connectivity index (χ1n) is 45.4. The zero-order valence-electron chi connectivity index (χ0n) is 73.1. The lowest BCUT2D eigenvalue weighted by atomic mass is 9.82. The van der Waals surface area contributed by atoms with Crippen LogP contribution in [0.4, 0.5) is 0 Å². The molecule has 0 saturated heterocycles. The second kappa shape index (κ2) is 33.2. The third-order valence-corrected chi connectivity index (χ3v) is 30.2. The van der Waals surface area contributed by atoms with E-state index in [1.807, 2.05) is 94.8 Å². The fraction of sp³-hybridized carbons (Fsp3) is 0.0240. The van der Waals surface area contributed by atoms with Gasteiger partial charge in [0.1, 0.15) is 0 Å². The molecule has 628 valence electrons. The maximum Gasteiger partial charge on any atom is 0.160 e. The predicted molar refractivity (Wildman–Crippen MR) is 570 cm³/mol. The quantitative estimate of drug-likeness (QED) is 0.128. The van der Waals surface area contributed by atoms with Gasteiger partial charge in [0.05, 0.1) is 39.3 Å². The first kappa shape index (κ1) is 79.7. The van der Waals surface area contributed by atoms with E-state index in [1.54, 1.807) is 0 Å². The van der Waals surface area contributed by atoms with Gasteiger partial charge in [0.15, 0.2) is 11.6 Å². The summed E-state index contributed by atoms with van der Waals surface area (Å²) in [5.41, 5.74) is 30.5. The summed E-state index contributed by atoms with van der Waals surface area (Å²) < 4.78 is 7.93. The van der Waals surface area contributed by atoms with Gasteiger partial charge >= 0.3 is 0 Å². The molecule has 0 saturated carbocycles. The van der Waals surface area contributed by atoms with E-state index in [0.717, 1.165) is 112 Å². The van der Waals surface area contributed by atoms with E-state index < -0.39 is 0 Å². The Kier molecular flexibility index (Phi) is 19.8. The van der Waals surface area contributed by atoms with Crippen LogP contribution in [0.5, 0.6) is 0 Å². The lowest BCUT2D eigenvalue weighted by Gasteiger charge is -2.22. The summed E-state index contributed by atoms with van der Waals surface area (Å²) in [5.74, 6) is 1.47. The van der Waals surface area contributed by atoms with Gasteiger partial charge in [-0.25, -0.2) is 24.9 Å². The van der Waals surface area contributed by atoms with E-state index in [9.17, 15) is 0 Å². The summed E-state index contributed by atoms with van der Waals surface area (Å²) in [7, 11) is 0. The highest BCUT2D eigenvalue weighted by molar-refractivity contribution is 7.26. The average Bonchev–Trinajstić information content (AvgIpc) is 1.54. The Labute approximate surface area is 786 Å². The molecule has 0 fully saturated rings. The largest absolute Gasteiger partial charge is 0.256 e.